The van der Waals surface area contributed by atoms with E-state index in [1.54, 1.807) is 0 Å². The van der Waals surface area contributed by atoms with Crippen molar-refractivity contribution < 1.29 is 9.59 Å². The van der Waals surface area contributed by atoms with E-state index >= 15 is 0 Å². The second-order valence-electron chi connectivity index (χ2n) is 4.61. The highest BCUT2D eigenvalue weighted by Crippen LogP contribution is 2.29. The van der Waals surface area contributed by atoms with E-state index in [9.17, 15) is 9.59 Å². The number of piperidine rings is 1. The molecule has 0 spiro atoms. The first kappa shape index (κ1) is 10.6. The van der Waals surface area contributed by atoms with E-state index in [0.29, 0.717) is 0 Å². The van der Waals surface area contributed by atoms with Crippen molar-refractivity contribution in [2.75, 3.05) is 13.1 Å². The van der Waals surface area contributed by atoms with Gasteiger partial charge in [-0.2, -0.15) is 0 Å². The number of hydrogen-bond donors (Lipinski definition) is 1. The average Bonchev–Trinajstić information content (AvgIpc) is 2.45. The largest absolute Gasteiger partial charge is 0.317 e. The molecule has 2 atom stereocenters. The number of rotatable bonds is 1. The molecule has 2 unspecified atom stereocenters. The van der Waals surface area contributed by atoms with Crippen LogP contribution in [-0.4, -0.2) is 35.8 Å². The van der Waals surface area contributed by atoms with Crippen LogP contribution in [-0.2, 0) is 9.59 Å². The molecule has 0 saturated carbocycles. The first-order valence-electron chi connectivity index (χ1n) is 5.70. The van der Waals surface area contributed by atoms with Gasteiger partial charge in [0.15, 0.2) is 0 Å². The molecule has 4 nitrogen and oxygen atoms in total. The number of likely N-dealkylation sites (tertiary alicyclic amines) is 1. The van der Waals surface area contributed by atoms with E-state index < -0.39 is 0 Å². The van der Waals surface area contributed by atoms with Crippen molar-refractivity contribution in [2.45, 2.75) is 32.7 Å². The zero-order valence-electron chi connectivity index (χ0n) is 9.32. The Morgan fingerprint density at radius 3 is 2.00 bits per heavy atom. The van der Waals surface area contributed by atoms with E-state index in [2.05, 4.69) is 5.32 Å². The lowest BCUT2D eigenvalue weighted by atomic mass is 10.00. The molecule has 0 aromatic rings. The summed E-state index contributed by atoms with van der Waals surface area (Å²) in [7, 11) is 0. The molecular weight excluding hydrogens is 192 g/mol. The maximum atomic E-state index is 11.9. The Balaban J connectivity index is 2.14. The number of amides is 2. The summed E-state index contributed by atoms with van der Waals surface area (Å²) in [6.45, 7) is 5.52. The topological polar surface area (TPSA) is 49.4 Å². The standard InChI is InChI=1S/C11H18N2O2/c1-7-8(2)11(15)13(10(7)14)9-3-5-12-6-4-9/h7-9,12H,3-6H2,1-2H3. The molecule has 2 rings (SSSR count). The molecular formula is C11H18N2O2. The van der Waals surface area contributed by atoms with Crippen LogP contribution in [0.25, 0.3) is 0 Å². The van der Waals surface area contributed by atoms with Gasteiger partial charge in [0.1, 0.15) is 0 Å². The smallest absolute Gasteiger partial charge is 0.233 e. The molecule has 0 bridgehead atoms. The van der Waals surface area contributed by atoms with Crippen molar-refractivity contribution in [3.05, 3.63) is 0 Å². The molecule has 2 saturated heterocycles. The fourth-order valence-corrected chi connectivity index (χ4v) is 2.40. The monoisotopic (exact) mass is 210 g/mol. The number of carbonyl (C=O) groups is 2. The van der Waals surface area contributed by atoms with Crippen LogP contribution >= 0.6 is 0 Å². The fraction of sp³-hybridized carbons (Fsp3) is 0.818. The third kappa shape index (κ3) is 1.67. The first-order valence-corrected chi connectivity index (χ1v) is 5.70. The van der Waals surface area contributed by atoms with Gasteiger partial charge in [0.05, 0.1) is 0 Å². The summed E-state index contributed by atoms with van der Waals surface area (Å²) < 4.78 is 0. The fourth-order valence-electron chi connectivity index (χ4n) is 2.40. The van der Waals surface area contributed by atoms with Crippen LogP contribution in [0.1, 0.15) is 26.7 Å². The Hall–Kier alpha value is -0.900. The lowest BCUT2D eigenvalue weighted by Crippen LogP contribution is -2.46. The molecule has 2 heterocycles. The normalized spacial score (nSPS) is 33.9. The molecule has 1 N–H and O–H groups in total. The SMILES string of the molecule is CC1C(=O)N(C2CCNCC2)C(=O)C1C. The molecule has 84 valence electrons. The van der Waals surface area contributed by atoms with Gasteiger partial charge in [-0.15, -0.1) is 0 Å². The summed E-state index contributed by atoms with van der Waals surface area (Å²) in [5, 5.41) is 3.24. The van der Waals surface area contributed by atoms with Crippen LogP contribution in [0.4, 0.5) is 0 Å². The molecule has 0 aromatic heterocycles. The Kier molecular flexibility index (Phi) is 2.78. The highest BCUT2D eigenvalue weighted by molar-refractivity contribution is 6.05. The molecule has 2 aliphatic rings. The van der Waals surface area contributed by atoms with Crippen LogP contribution < -0.4 is 5.32 Å². The molecule has 2 fully saturated rings. The van der Waals surface area contributed by atoms with Crippen LogP contribution in [0.2, 0.25) is 0 Å². The Labute approximate surface area is 90.0 Å². The molecule has 2 aliphatic heterocycles. The molecule has 0 aromatic carbocycles. The lowest BCUT2D eigenvalue weighted by molar-refractivity contribution is -0.143. The predicted octanol–water partition coefficient (Wildman–Crippen LogP) is 0.379. The van der Waals surface area contributed by atoms with Crippen molar-refractivity contribution in [2.24, 2.45) is 11.8 Å². The predicted molar refractivity (Wildman–Crippen MR) is 56.1 cm³/mol. The van der Waals surface area contributed by atoms with E-state index in [1.807, 2.05) is 13.8 Å². The number of imide groups is 1. The van der Waals surface area contributed by atoms with Gasteiger partial charge in [-0.25, -0.2) is 0 Å². The van der Waals surface area contributed by atoms with Crippen molar-refractivity contribution >= 4 is 11.8 Å². The maximum Gasteiger partial charge on any atom is 0.233 e. The third-order valence-electron chi connectivity index (χ3n) is 3.68. The lowest BCUT2D eigenvalue weighted by Gasteiger charge is -2.30. The van der Waals surface area contributed by atoms with Gasteiger partial charge in [0.2, 0.25) is 11.8 Å². The summed E-state index contributed by atoms with van der Waals surface area (Å²) in [5.74, 6) is -0.210. The van der Waals surface area contributed by atoms with Crippen LogP contribution in [0.5, 0.6) is 0 Å². The third-order valence-corrected chi connectivity index (χ3v) is 3.68. The highest BCUT2D eigenvalue weighted by Gasteiger charge is 2.45. The summed E-state index contributed by atoms with van der Waals surface area (Å²) in [4.78, 5) is 25.3. The Morgan fingerprint density at radius 1 is 1.07 bits per heavy atom. The van der Waals surface area contributed by atoms with Crippen LogP contribution in [0.3, 0.4) is 0 Å². The van der Waals surface area contributed by atoms with Crippen LogP contribution in [0, 0.1) is 11.8 Å². The quantitative estimate of drug-likeness (QED) is 0.636. The highest BCUT2D eigenvalue weighted by atomic mass is 16.2. The molecule has 0 aliphatic carbocycles. The number of hydrogen-bond acceptors (Lipinski definition) is 3. The summed E-state index contributed by atoms with van der Waals surface area (Å²) in [5.41, 5.74) is 0. The van der Waals surface area contributed by atoms with Crippen LogP contribution in [0.15, 0.2) is 0 Å². The van der Waals surface area contributed by atoms with Gasteiger partial charge >= 0.3 is 0 Å². The van der Waals surface area contributed by atoms with Gasteiger partial charge in [-0.05, 0) is 25.9 Å². The first-order chi connectivity index (χ1) is 7.13. The van der Waals surface area contributed by atoms with Crippen molar-refractivity contribution in [3.8, 4) is 0 Å². The molecule has 0 radical (unpaired) electrons. The summed E-state index contributed by atoms with van der Waals surface area (Å²) in [6, 6.07) is 0.138. The van der Waals surface area contributed by atoms with Crippen molar-refractivity contribution in [1.29, 1.82) is 0 Å². The average molecular weight is 210 g/mol. The second-order valence-corrected chi connectivity index (χ2v) is 4.61. The maximum absolute atomic E-state index is 11.9. The van der Waals surface area contributed by atoms with Gasteiger partial charge in [-0.1, -0.05) is 13.8 Å². The molecule has 2 amide bonds. The van der Waals surface area contributed by atoms with Gasteiger partial charge in [0.25, 0.3) is 0 Å². The van der Waals surface area contributed by atoms with Crippen molar-refractivity contribution in [3.63, 3.8) is 0 Å². The second kappa shape index (κ2) is 3.93. The zero-order valence-corrected chi connectivity index (χ0v) is 9.32. The number of nitrogens with one attached hydrogen (secondary N) is 1. The summed E-state index contributed by atoms with van der Waals surface area (Å²) in [6.07, 6.45) is 1.80. The number of nitrogens with zero attached hydrogens (tertiary/aromatic N) is 1. The van der Waals surface area contributed by atoms with Gasteiger partial charge in [-0.3, -0.25) is 14.5 Å². The minimum atomic E-state index is -0.132. The van der Waals surface area contributed by atoms with E-state index in [0.717, 1.165) is 25.9 Å². The van der Waals surface area contributed by atoms with Gasteiger partial charge < -0.3 is 5.32 Å². The molecule has 15 heavy (non-hydrogen) atoms. The Morgan fingerprint density at radius 2 is 1.53 bits per heavy atom. The van der Waals surface area contributed by atoms with E-state index in [4.69, 9.17) is 0 Å². The minimum absolute atomic E-state index is 0.0272. The van der Waals surface area contributed by atoms with E-state index in [-0.39, 0.29) is 29.7 Å². The minimum Gasteiger partial charge on any atom is -0.317 e. The number of carbonyl (C=O) groups excluding carboxylic acids is 2. The van der Waals surface area contributed by atoms with Crippen molar-refractivity contribution in [1.82, 2.24) is 10.2 Å². The summed E-state index contributed by atoms with van der Waals surface area (Å²) >= 11 is 0. The molecule has 4 heteroatoms. The van der Waals surface area contributed by atoms with E-state index in [1.165, 1.54) is 4.90 Å². The zero-order chi connectivity index (χ0) is 11.0. The Bertz CT molecular complexity index is 264. The van der Waals surface area contributed by atoms with Gasteiger partial charge in [0, 0.05) is 17.9 Å².